The van der Waals surface area contributed by atoms with Crippen LogP contribution in [0.5, 0.6) is 0 Å². The average Bonchev–Trinajstić information content (AvgIpc) is 2.87. The Balaban J connectivity index is 2.11. The van der Waals surface area contributed by atoms with Crippen molar-refractivity contribution in [2.24, 2.45) is 0 Å². The van der Waals surface area contributed by atoms with Crippen LogP contribution >= 0.6 is 11.3 Å². The second kappa shape index (κ2) is 5.49. The molecule has 1 aromatic heterocycles. The molecule has 0 saturated carbocycles. The summed E-state index contributed by atoms with van der Waals surface area (Å²) in [5.41, 5.74) is -0.0994. The lowest BCUT2D eigenvalue weighted by atomic mass is 9.98. The lowest BCUT2D eigenvalue weighted by Crippen LogP contribution is -2.48. The highest BCUT2D eigenvalue weighted by Crippen LogP contribution is 2.27. The molecule has 0 spiro atoms. The number of hydrogen-bond donors (Lipinski definition) is 1. The Labute approximate surface area is 121 Å². The van der Waals surface area contributed by atoms with Crippen molar-refractivity contribution in [3.8, 4) is 0 Å². The van der Waals surface area contributed by atoms with Crippen LogP contribution in [0, 0.1) is 0 Å². The van der Waals surface area contributed by atoms with Gasteiger partial charge in [-0.25, -0.2) is 9.78 Å². The van der Waals surface area contributed by atoms with Crippen molar-refractivity contribution in [3.63, 3.8) is 0 Å². The second-order valence-corrected chi connectivity index (χ2v) is 6.76. The van der Waals surface area contributed by atoms with Gasteiger partial charge in [-0.1, -0.05) is 20.8 Å². The van der Waals surface area contributed by atoms with Gasteiger partial charge < -0.3 is 14.7 Å². The van der Waals surface area contributed by atoms with Crippen LogP contribution in [0.3, 0.4) is 0 Å². The number of rotatable bonds is 2. The number of aromatic nitrogens is 1. The van der Waals surface area contributed by atoms with E-state index in [1.54, 1.807) is 6.20 Å². The van der Waals surface area contributed by atoms with E-state index >= 15 is 0 Å². The van der Waals surface area contributed by atoms with Crippen LogP contribution in [-0.2, 0) is 14.9 Å². The summed E-state index contributed by atoms with van der Waals surface area (Å²) in [6.45, 7) is 6.84. The summed E-state index contributed by atoms with van der Waals surface area (Å²) in [6.07, 6.45) is 0.626. The number of ether oxygens (including phenoxy) is 1. The third-order valence-electron chi connectivity index (χ3n) is 2.99. The molecule has 1 unspecified atom stereocenters. The van der Waals surface area contributed by atoms with Gasteiger partial charge in [0.15, 0.2) is 6.10 Å². The van der Waals surface area contributed by atoms with Crippen molar-refractivity contribution in [2.75, 3.05) is 19.7 Å². The third-order valence-corrected chi connectivity index (χ3v) is 4.40. The first-order chi connectivity index (χ1) is 9.29. The van der Waals surface area contributed by atoms with Gasteiger partial charge in [-0.15, -0.1) is 11.3 Å². The maximum absolute atomic E-state index is 12.4. The molecule has 1 N–H and O–H groups in total. The molecule has 1 saturated heterocycles. The van der Waals surface area contributed by atoms with E-state index in [-0.39, 0.29) is 24.5 Å². The average molecular weight is 298 g/mol. The van der Waals surface area contributed by atoms with Crippen LogP contribution < -0.4 is 0 Å². The molecule has 1 amide bonds. The number of amides is 1. The summed E-state index contributed by atoms with van der Waals surface area (Å²) >= 11 is 1.36. The van der Waals surface area contributed by atoms with Gasteiger partial charge in [0.05, 0.1) is 24.4 Å². The summed E-state index contributed by atoms with van der Waals surface area (Å²) in [7, 11) is 0. The largest absolute Gasteiger partial charge is 0.479 e. The van der Waals surface area contributed by atoms with E-state index in [1.165, 1.54) is 16.2 Å². The van der Waals surface area contributed by atoms with Gasteiger partial charge in [-0.05, 0) is 0 Å². The van der Waals surface area contributed by atoms with E-state index in [0.29, 0.717) is 11.4 Å². The minimum Gasteiger partial charge on any atom is -0.479 e. The van der Waals surface area contributed by atoms with Gasteiger partial charge in [0, 0.05) is 12.0 Å². The Morgan fingerprint density at radius 3 is 2.75 bits per heavy atom. The molecule has 1 aliphatic heterocycles. The zero-order chi connectivity index (χ0) is 14.9. The van der Waals surface area contributed by atoms with Crippen LogP contribution in [0.1, 0.15) is 35.5 Å². The van der Waals surface area contributed by atoms with Gasteiger partial charge >= 0.3 is 5.97 Å². The number of hydrogen-bond acceptors (Lipinski definition) is 5. The van der Waals surface area contributed by atoms with Crippen molar-refractivity contribution < 1.29 is 19.4 Å². The molecule has 0 aliphatic carbocycles. The lowest BCUT2D eigenvalue weighted by Gasteiger charge is -2.30. The molecule has 1 aliphatic rings. The standard InChI is InChI=1S/C13H18N2O4S/c1-13(2,3)12-14-6-9(20-12)10(16)15-4-5-19-8(7-15)11(17)18/h6,8H,4-5,7H2,1-3H3,(H,17,18). The molecule has 6 nitrogen and oxygen atoms in total. The number of carboxylic acids is 1. The fourth-order valence-electron chi connectivity index (χ4n) is 1.86. The quantitative estimate of drug-likeness (QED) is 0.892. The highest BCUT2D eigenvalue weighted by Gasteiger charge is 2.30. The molecular weight excluding hydrogens is 280 g/mol. The van der Waals surface area contributed by atoms with Crippen molar-refractivity contribution in [1.29, 1.82) is 0 Å². The van der Waals surface area contributed by atoms with Gasteiger partial charge in [0.2, 0.25) is 0 Å². The maximum Gasteiger partial charge on any atom is 0.334 e. The first-order valence-corrected chi connectivity index (χ1v) is 7.20. The van der Waals surface area contributed by atoms with Crippen molar-refractivity contribution in [2.45, 2.75) is 32.3 Å². The zero-order valence-electron chi connectivity index (χ0n) is 11.8. The van der Waals surface area contributed by atoms with E-state index in [9.17, 15) is 9.59 Å². The lowest BCUT2D eigenvalue weighted by molar-refractivity contribution is -0.154. The summed E-state index contributed by atoms with van der Waals surface area (Å²) in [5, 5.41) is 9.84. The summed E-state index contributed by atoms with van der Waals surface area (Å²) in [5.74, 6) is -1.21. The fourth-order valence-corrected chi connectivity index (χ4v) is 2.80. The van der Waals surface area contributed by atoms with Crippen LogP contribution in [-0.4, -0.2) is 52.7 Å². The summed E-state index contributed by atoms with van der Waals surface area (Å²) < 4.78 is 5.11. The molecule has 1 atom stereocenters. The highest BCUT2D eigenvalue weighted by atomic mass is 32.1. The third kappa shape index (κ3) is 3.16. The molecule has 1 fully saturated rings. The topological polar surface area (TPSA) is 79.7 Å². The van der Waals surface area contributed by atoms with Gasteiger partial charge in [-0.3, -0.25) is 4.79 Å². The Morgan fingerprint density at radius 1 is 1.50 bits per heavy atom. The molecule has 2 heterocycles. The van der Waals surface area contributed by atoms with E-state index in [4.69, 9.17) is 9.84 Å². The van der Waals surface area contributed by atoms with Crippen LogP contribution in [0.25, 0.3) is 0 Å². The van der Waals surface area contributed by atoms with Gasteiger partial charge in [-0.2, -0.15) is 0 Å². The first kappa shape index (κ1) is 14.9. The highest BCUT2D eigenvalue weighted by molar-refractivity contribution is 7.13. The number of morpholine rings is 1. The Morgan fingerprint density at radius 2 is 2.20 bits per heavy atom. The Bertz CT molecular complexity index is 521. The normalized spacial score (nSPS) is 19.9. The number of thiazole rings is 1. The predicted molar refractivity (Wildman–Crippen MR) is 74.1 cm³/mol. The molecule has 2 rings (SSSR count). The van der Waals surface area contributed by atoms with E-state index in [0.717, 1.165) is 5.01 Å². The van der Waals surface area contributed by atoms with Crippen molar-refractivity contribution >= 4 is 23.2 Å². The van der Waals surface area contributed by atoms with E-state index in [2.05, 4.69) is 4.98 Å². The number of carbonyl (C=O) groups excluding carboxylic acids is 1. The minimum absolute atomic E-state index is 0.0803. The predicted octanol–water partition coefficient (Wildman–Crippen LogP) is 1.37. The molecule has 7 heteroatoms. The first-order valence-electron chi connectivity index (χ1n) is 6.39. The van der Waals surface area contributed by atoms with Crippen LogP contribution in [0.2, 0.25) is 0 Å². The fraction of sp³-hybridized carbons (Fsp3) is 0.615. The number of carbonyl (C=O) groups is 2. The molecular formula is C13H18N2O4S. The summed E-state index contributed by atoms with van der Waals surface area (Å²) in [6, 6.07) is 0. The second-order valence-electron chi connectivity index (χ2n) is 5.73. The Kier molecular flexibility index (Phi) is 4.10. The number of carboxylic acid groups (broad SMARTS) is 1. The Hall–Kier alpha value is -1.47. The van der Waals surface area contributed by atoms with E-state index < -0.39 is 12.1 Å². The number of aliphatic carboxylic acids is 1. The maximum atomic E-state index is 12.4. The summed E-state index contributed by atoms with van der Waals surface area (Å²) in [4.78, 5) is 29.6. The molecule has 1 aromatic rings. The zero-order valence-corrected chi connectivity index (χ0v) is 12.6. The minimum atomic E-state index is -1.04. The van der Waals surface area contributed by atoms with Gasteiger partial charge in [0.25, 0.3) is 5.91 Å². The molecule has 0 bridgehead atoms. The van der Waals surface area contributed by atoms with Gasteiger partial charge in [0.1, 0.15) is 4.88 Å². The SMILES string of the molecule is CC(C)(C)c1ncc(C(=O)N2CCOC(C(=O)O)C2)s1. The van der Waals surface area contributed by atoms with Crippen LogP contribution in [0.4, 0.5) is 0 Å². The smallest absolute Gasteiger partial charge is 0.334 e. The molecule has 20 heavy (non-hydrogen) atoms. The van der Waals surface area contributed by atoms with E-state index in [1.807, 2.05) is 20.8 Å². The molecule has 0 radical (unpaired) electrons. The van der Waals surface area contributed by atoms with Crippen molar-refractivity contribution in [1.82, 2.24) is 9.88 Å². The molecule has 0 aromatic carbocycles. The van der Waals surface area contributed by atoms with Crippen LogP contribution in [0.15, 0.2) is 6.20 Å². The monoisotopic (exact) mass is 298 g/mol. The molecule has 110 valence electrons. The van der Waals surface area contributed by atoms with Crippen molar-refractivity contribution in [3.05, 3.63) is 16.1 Å². The number of nitrogens with zero attached hydrogens (tertiary/aromatic N) is 2.